The molecule has 1 aliphatic rings. The van der Waals surface area contributed by atoms with E-state index in [9.17, 15) is 18.3 Å². The van der Waals surface area contributed by atoms with Gasteiger partial charge in [0.05, 0.1) is 5.69 Å². The van der Waals surface area contributed by atoms with Crippen molar-refractivity contribution in [1.82, 2.24) is 4.31 Å². The van der Waals surface area contributed by atoms with Gasteiger partial charge in [0.15, 0.2) is 5.25 Å². The third kappa shape index (κ3) is 3.35. The van der Waals surface area contributed by atoms with Crippen LogP contribution in [0.5, 0.6) is 5.75 Å². The van der Waals surface area contributed by atoms with Gasteiger partial charge in [-0.3, -0.25) is 4.79 Å². The van der Waals surface area contributed by atoms with Gasteiger partial charge in [-0.1, -0.05) is 43.7 Å². The number of carbonyl (C=O) groups is 1. The predicted octanol–water partition coefficient (Wildman–Crippen LogP) is 3.18. The van der Waals surface area contributed by atoms with E-state index < -0.39 is 21.2 Å². The summed E-state index contributed by atoms with van der Waals surface area (Å²) in [5.74, 6) is -0.510. The molecule has 136 valence electrons. The Bertz CT molecular complexity index is 922. The summed E-state index contributed by atoms with van der Waals surface area (Å²) in [6.07, 6.45) is 1.37. The molecule has 1 atom stereocenters. The van der Waals surface area contributed by atoms with Crippen LogP contribution in [-0.2, 0) is 14.8 Å². The number of unbranched alkanes of at least 4 members (excludes halogenated alkanes) is 1. The molecular weight excluding hydrogens is 352 g/mol. The molecule has 0 aliphatic carbocycles. The van der Waals surface area contributed by atoms with Crippen LogP contribution < -0.4 is 0 Å². The van der Waals surface area contributed by atoms with Crippen molar-refractivity contribution in [1.29, 1.82) is 0 Å². The number of phenols is 1. The van der Waals surface area contributed by atoms with Crippen LogP contribution in [0.25, 0.3) is 0 Å². The molecule has 1 unspecified atom stereocenters. The molecule has 2 aromatic rings. The number of hydrogen-bond acceptors (Lipinski definition) is 5. The molecule has 0 aromatic heterocycles. The summed E-state index contributed by atoms with van der Waals surface area (Å²) in [6, 6.07) is 14.6. The van der Waals surface area contributed by atoms with Crippen molar-refractivity contribution in [3.05, 3.63) is 60.2 Å². The van der Waals surface area contributed by atoms with Crippen LogP contribution in [-0.4, -0.2) is 36.0 Å². The van der Waals surface area contributed by atoms with Crippen LogP contribution in [0.3, 0.4) is 0 Å². The number of phenolic OH excluding ortho intramolecular Hbond substituents is 1. The fraction of sp³-hybridized carbons (Fsp3) is 0.263. The molecule has 1 aliphatic heterocycles. The molecular formula is C19H20N2O4S. The first kappa shape index (κ1) is 18.1. The highest BCUT2D eigenvalue weighted by Gasteiger charge is 2.50. The lowest BCUT2D eigenvalue weighted by Crippen LogP contribution is -2.31. The maximum absolute atomic E-state index is 13.0. The Kier molecular flexibility index (Phi) is 5.08. The second kappa shape index (κ2) is 7.29. The highest BCUT2D eigenvalue weighted by Crippen LogP contribution is 2.36. The van der Waals surface area contributed by atoms with Crippen molar-refractivity contribution >= 4 is 27.3 Å². The normalized spacial score (nSPS) is 20.7. The van der Waals surface area contributed by atoms with E-state index in [0.717, 1.165) is 10.7 Å². The van der Waals surface area contributed by atoms with Crippen molar-refractivity contribution in [2.24, 2.45) is 4.99 Å². The Labute approximate surface area is 152 Å². The highest BCUT2D eigenvalue weighted by atomic mass is 32.2. The third-order valence-electron chi connectivity index (χ3n) is 4.22. The number of carbonyl (C=O) groups excluding carboxylic acids is 1. The number of aromatic hydroxyl groups is 1. The summed E-state index contributed by atoms with van der Waals surface area (Å²) in [5, 5.41) is 8.28. The second-order valence-corrected chi connectivity index (χ2v) is 8.02. The van der Waals surface area contributed by atoms with Gasteiger partial charge in [-0.15, -0.1) is 0 Å². The monoisotopic (exact) mass is 372 g/mol. The van der Waals surface area contributed by atoms with Crippen molar-refractivity contribution in [2.45, 2.75) is 25.0 Å². The highest BCUT2D eigenvalue weighted by molar-refractivity contribution is 7.91. The van der Waals surface area contributed by atoms with Crippen molar-refractivity contribution in [3.8, 4) is 5.75 Å². The van der Waals surface area contributed by atoms with E-state index in [4.69, 9.17) is 0 Å². The molecule has 1 heterocycles. The number of benzene rings is 2. The molecule has 26 heavy (non-hydrogen) atoms. The molecule has 3 rings (SSSR count). The SMILES string of the molecule is CCCCN1C(=O)C(=Nc2ccc(O)cc2)C(c2ccccc2)S1(=O)=O. The number of sulfonamides is 1. The van der Waals surface area contributed by atoms with E-state index in [-0.39, 0.29) is 18.0 Å². The number of aliphatic imine (C=N–C) groups is 1. The summed E-state index contributed by atoms with van der Waals surface area (Å²) in [5.41, 5.74) is 0.912. The minimum atomic E-state index is -3.88. The molecule has 1 amide bonds. The summed E-state index contributed by atoms with van der Waals surface area (Å²) >= 11 is 0. The van der Waals surface area contributed by atoms with Gasteiger partial charge in [-0.2, -0.15) is 0 Å². The maximum atomic E-state index is 13.0. The first-order chi connectivity index (χ1) is 12.4. The van der Waals surface area contributed by atoms with E-state index in [1.54, 1.807) is 42.5 Å². The first-order valence-electron chi connectivity index (χ1n) is 8.43. The summed E-state index contributed by atoms with van der Waals surface area (Å²) < 4.78 is 27.0. The van der Waals surface area contributed by atoms with E-state index in [2.05, 4.69) is 4.99 Å². The molecule has 1 fully saturated rings. The maximum Gasteiger partial charge on any atom is 0.283 e. The molecule has 1 N–H and O–H groups in total. The van der Waals surface area contributed by atoms with E-state index in [1.165, 1.54) is 12.1 Å². The van der Waals surface area contributed by atoms with Gasteiger partial charge in [0.25, 0.3) is 15.9 Å². The Morgan fingerprint density at radius 2 is 1.73 bits per heavy atom. The van der Waals surface area contributed by atoms with Crippen molar-refractivity contribution < 1.29 is 18.3 Å². The van der Waals surface area contributed by atoms with Gasteiger partial charge < -0.3 is 5.11 Å². The smallest absolute Gasteiger partial charge is 0.283 e. The molecule has 0 spiro atoms. The van der Waals surface area contributed by atoms with Crippen LogP contribution in [0.1, 0.15) is 30.6 Å². The lowest BCUT2D eigenvalue weighted by molar-refractivity contribution is -0.119. The van der Waals surface area contributed by atoms with Gasteiger partial charge in [0.2, 0.25) is 0 Å². The predicted molar refractivity (Wildman–Crippen MR) is 99.9 cm³/mol. The topological polar surface area (TPSA) is 87.0 Å². The van der Waals surface area contributed by atoms with Gasteiger partial charge in [-0.05, 0) is 36.2 Å². The molecule has 7 heteroatoms. The zero-order chi connectivity index (χ0) is 18.7. The lowest BCUT2D eigenvalue weighted by atomic mass is 10.1. The fourth-order valence-electron chi connectivity index (χ4n) is 2.88. The van der Waals surface area contributed by atoms with E-state index in [1.807, 2.05) is 6.92 Å². The van der Waals surface area contributed by atoms with E-state index in [0.29, 0.717) is 17.7 Å². The zero-order valence-electron chi connectivity index (χ0n) is 14.4. The van der Waals surface area contributed by atoms with Crippen LogP contribution in [0.15, 0.2) is 59.6 Å². The number of amides is 1. The second-order valence-electron chi connectivity index (χ2n) is 6.08. The van der Waals surface area contributed by atoms with E-state index >= 15 is 0 Å². The van der Waals surface area contributed by atoms with Gasteiger partial charge in [0, 0.05) is 6.54 Å². The molecule has 0 radical (unpaired) electrons. The van der Waals surface area contributed by atoms with Gasteiger partial charge >= 0.3 is 0 Å². The number of nitrogens with zero attached hydrogens (tertiary/aromatic N) is 2. The Morgan fingerprint density at radius 1 is 1.08 bits per heavy atom. The molecule has 1 saturated heterocycles. The van der Waals surface area contributed by atoms with Crippen molar-refractivity contribution in [2.75, 3.05) is 6.54 Å². The number of hydrogen-bond donors (Lipinski definition) is 1. The summed E-state index contributed by atoms with van der Waals surface area (Å²) in [4.78, 5) is 17.2. The Hall–Kier alpha value is -2.67. The third-order valence-corrected chi connectivity index (χ3v) is 6.27. The summed E-state index contributed by atoms with van der Waals surface area (Å²) in [6.45, 7) is 2.09. The van der Waals surface area contributed by atoms with Crippen molar-refractivity contribution in [3.63, 3.8) is 0 Å². The largest absolute Gasteiger partial charge is 0.508 e. The van der Waals surface area contributed by atoms with Crippen LogP contribution in [0.2, 0.25) is 0 Å². The standard InChI is InChI=1S/C19H20N2O4S/c1-2-3-13-21-19(23)17(20-15-9-11-16(22)12-10-15)18(26(21,24)25)14-7-5-4-6-8-14/h4-12,18,22H,2-3,13H2,1H3. The van der Waals surface area contributed by atoms with Gasteiger partial charge in [-0.25, -0.2) is 17.7 Å². The average Bonchev–Trinajstić information content (AvgIpc) is 2.81. The minimum absolute atomic E-state index is 0.0157. The molecule has 2 aromatic carbocycles. The Morgan fingerprint density at radius 3 is 2.35 bits per heavy atom. The molecule has 6 nitrogen and oxygen atoms in total. The van der Waals surface area contributed by atoms with Crippen LogP contribution in [0.4, 0.5) is 5.69 Å². The first-order valence-corrected chi connectivity index (χ1v) is 9.94. The number of rotatable bonds is 5. The van der Waals surface area contributed by atoms with Crippen LogP contribution in [0, 0.1) is 0 Å². The zero-order valence-corrected chi connectivity index (χ0v) is 15.2. The quantitative estimate of drug-likeness (QED) is 0.873. The van der Waals surface area contributed by atoms with Gasteiger partial charge in [0.1, 0.15) is 11.5 Å². The summed E-state index contributed by atoms with van der Waals surface area (Å²) in [7, 11) is -3.88. The Balaban J connectivity index is 2.12. The molecule has 0 bridgehead atoms. The average molecular weight is 372 g/mol. The lowest BCUT2D eigenvalue weighted by Gasteiger charge is -2.15. The fourth-order valence-corrected chi connectivity index (χ4v) is 4.78. The van der Waals surface area contributed by atoms with Crippen LogP contribution >= 0.6 is 0 Å². The minimum Gasteiger partial charge on any atom is -0.508 e. The molecule has 0 saturated carbocycles.